The largest absolute Gasteiger partial charge is 0.324 e. The molecule has 2 rings (SSSR count). The van der Waals surface area contributed by atoms with Crippen LogP contribution in [0.5, 0.6) is 0 Å². The van der Waals surface area contributed by atoms with Gasteiger partial charge in [0, 0.05) is 17.4 Å². The van der Waals surface area contributed by atoms with Gasteiger partial charge in [0.25, 0.3) is 5.56 Å². The smallest absolute Gasteiger partial charge is 0.253 e. The number of carbonyl (C=O) groups is 1. The molecular formula is C15H17N3O2. The van der Waals surface area contributed by atoms with Gasteiger partial charge in [-0.2, -0.15) is 0 Å². The van der Waals surface area contributed by atoms with E-state index >= 15 is 0 Å². The van der Waals surface area contributed by atoms with E-state index in [1.807, 2.05) is 32.0 Å². The lowest BCUT2D eigenvalue weighted by molar-refractivity contribution is -0.116. The summed E-state index contributed by atoms with van der Waals surface area (Å²) < 4.78 is 1.29. The van der Waals surface area contributed by atoms with Crippen molar-refractivity contribution in [2.24, 2.45) is 0 Å². The molecule has 0 aliphatic rings. The number of nitrogens with zero attached hydrogens (tertiary/aromatic N) is 2. The average molecular weight is 271 g/mol. The molecule has 1 heterocycles. The van der Waals surface area contributed by atoms with Crippen LogP contribution in [0.3, 0.4) is 0 Å². The third kappa shape index (κ3) is 3.12. The fourth-order valence-electron chi connectivity index (χ4n) is 1.87. The Morgan fingerprint density at radius 3 is 2.75 bits per heavy atom. The molecule has 1 N–H and O–H groups in total. The van der Waals surface area contributed by atoms with Crippen LogP contribution in [0, 0.1) is 20.8 Å². The van der Waals surface area contributed by atoms with Gasteiger partial charge in [0.2, 0.25) is 5.91 Å². The fourth-order valence-corrected chi connectivity index (χ4v) is 1.87. The van der Waals surface area contributed by atoms with E-state index in [-0.39, 0.29) is 18.0 Å². The first-order valence-electron chi connectivity index (χ1n) is 6.36. The van der Waals surface area contributed by atoms with Crippen LogP contribution >= 0.6 is 0 Å². The minimum absolute atomic E-state index is 0.0422. The van der Waals surface area contributed by atoms with E-state index in [2.05, 4.69) is 10.3 Å². The standard InChI is InChI=1S/C15H17N3O2/c1-10-5-4-6-13(12(10)3)17-14(19)8-18-9-16-11(2)7-15(18)20/h4-7,9H,8H2,1-3H3,(H,17,19). The van der Waals surface area contributed by atoms with E-state index in [0.29, 0.717) is 5.69 Å². The van der Waals surface area contributed by atoms with Crippen LogP contribution in [0.15, 0.2) is 35.4 Å². The van der Waals surface area contributed by atoms with Gasteiger partial charge in [-0.25, -0.2) is 4.98 Å². The van der Waals surface area contributed by atoms with E-state index in [9.17, 15) is 9.59 Å². The van der Waals surface area contributed by atoms with Crippen molar-refractivity contribution >= 4 is 11.6 Å². The Hall–Kier alpha value is -2.43. The third-order valence-corrected chi connectivity index (χ3v) is 3.21. The maximum atomic E-state index is 12.0. The molecule has 0 radical (unpaired) electrons. The Morgan fingerprint density at radius 2 is 2.05 bits per heavy atom. The monoisotopic (exact) mass is 271 g/mol. The molecule has 1 amide bonds. The summed E-state index contributed by atoms with van der Waals surface area (Å²) in [5.41, 5.74) is 3.31. The molecule has 104 valence electrons. The van der Waals surface area contributed by atoms with E-state index in [1.54, 1.807) is 6.92 Å². The van der Waals surface area contributed by atoms with Crippen LogP contribution in [0.4, 0.5) is 5.69 Å². The summed E-state index contributed by atoms with van der Waals surface area (Å²) in [6.45, 7) is 5.63. The van der Waals surface area contributed by atoms with Crippen LogP contribution < -0.4 is 10.9 Å². The lowest BCUT2D eigenvalue weighted by Gasteiger charge is -2.11. The first-order chi connectivity index (χ1) is 9.47. The molecule has 5 heteroatoms. The summed E-state index contributed by atoms with van der Waals surface area (Å²) in [6.07, 6.45) is 1.39. The van der Waals surface area contributed by atoms with Crippen LogP contribution in [0.1, 0.15) is 16.8 Å². The van der Waals surface area contributed by atoms with Crippen LogP contribution in [-0.2, 0) is 11.3 Å². The second-order valence-corrected chi connectivity index (χ2v) is 4.79. The number of hydrogen-bond acceptors (Lipinski definition) is 3. The Labute approximate surface area is 117 Å². The van der Waals surface area contributed by atoms with Crippen molar-refractivity contribution in [3.05, 3.63) is 57.8 Å². The highest BCUT2D eigenvalue weighted by atomic mass is 16.2. The Bertz CT molecular complexity index is 705. The van der Waals surface area contributed by atoms with E-state index in [0.717, 1.165) is 16.8 Å². The molecule has 0 spiro atoms. The lowest BCUT2D eigenvalue weighted by atomic mass is 10.1. The molecule has 0 atom stereocenters. The van der Waals surface area contributed by atoms with Gasteiger partial charge in [0.1, 0.15) is 6.54 Å². The maximum absolute atomic E-state index is 12.0. The topological polar surface area (TPSA) is 64.0 Å². The predicted molar refractivity (Wildman–Crippen MR) is 77.8 cm³/mol. The molecule has 1 aromatic heterocycles. The van der Waals surface area contributed by atoms with Crippen molar-refractivity contribution in [2.75, 3.05) is 5.32 Å². The molecule has 0 unspecified atom stereocenters. The minimum atomic E-state index is -0.244. The number of carbonyl (C=O) groups excluding carboxylic acids is 1. The van der Waals surface area contributed by atoms with Crippen LogP contribution in [-0.4, -0.2) is 15.5 Å². The zero-order valence-electron chi connectivity index (χ0n) is 11.8. The normalized spacial score (nSPS) is 10.3. The van der Waals surface area contributed by atoms with Gasteiger partial charge in [0.15, 0.2) is 0 Å². The Balaban J connectivity index is 2.13. The van der Waals surface area contributed by atoms with Gasteiger partial charge in [-0.1, -0.05) is 12.1 Å². The van der Waals surface area contributed by atoms with Crippen molar-refractivity contribution in [2.45, 2.75) is 27.3 Å². The maximum Gasteiger partial charge on any atom is 0.253 e. The first-order valence-corrected chi connectivity index (χ1v) is 6.36. The summed E-state index contributed by atoms with van der Waals surface area (Å²) >= 11 is 0. The van der Waals surface area contributed by atoms with Crippen molar-refractivity contribution in [1.82, 2.24) is 9.55 Å². The highest BCUT2D eigenvalue weighted by molar-refractivity contribution is 5.91. The second-order valence-electron chi connectivity index (χ2n) is 4.79. The van der Waals surface area contributed by atoms with Crippen molar-refractivity contribution in [3.8, 4) is 0 Å². The molecule has 0 aliphatic heterocycles. The zero-order chi connectivity index (χ0) is 14.7. The Morgan fingerprint density at radius 1 is 1.30 bits per heavy atom. The van der Waals surface area contributed by atoms with Crippen molar-refractivity contribution < 1.29 is 4.79 Å². The molecular weight excluding hydrogens is 254 g/mol. The molecule has 0 saturated carbocycles. The van der Waals surface area contributed by atoms with Crippen molar-refractivity contribution in [3.63, 3.8) is 0 Å². The summed E-state index contributed by atoms with van der Waals surface area (Å²) in [4.78, 5) is 27.7. The highest BCUT2D eigenvalue weighted by Gasteiger charge is 2.08. The highest BCUT2D eigenvalue weighted by Crippen LogP contribution is 2.17. The number of anilines is 1. The number of hydrogen-bond donors (Lipinski definition) is 1. The molecule has 0 saturated heterocycles. The van der Waals surface area contributed by atoms with E-state index < -0.39 is 0 Å². The van der Waals surface area contributed by atoms with Gasteiger partial charge < -0.3 is 5.32 Å². The van der Waals surface area contributed by atoms with Gasteiger partial charge in [-0.15, -0.1) is 0 Å². The van der Waals surface area contributed by atoms with Gasteiger partial charge >= 0.3 is 0 Å². The summed E-state index contributed by atoms with van der Waals surface area (Å²) in [5.74, 6) is -0.244. The Kier molecular flexibility index (Phi) is 3.98. The fraction of sp³-hybridized carbons (Fsp3) is 0.267. The molecule has 1 aromatic carbocycles. The number of aryl methyl sites for hydroxylation is 2. The quantitative estimate of drug-likeness (QED) is 0.926. The average Bonchev–Trinajstić information content (AvgIpc) is 2.38. The van der Waals surface area contributed by atoms with Gasteiger partial charge in [-0.05, 0) is 38.0 Å². The first kappa shape index (κ1) is 14.0. The summed E-state index contributed by atoms with van der Waals surface area (Å²) in [5, 5.41) is 2.81. The van der Waals surface area contributed by atoms with Crippen LogP contribution in [0.2, 0.25) is 0 Å². The summed E-state index contributed by atoms with van der Waals surface area (Å²) in [6, 6.07) is 7.12. The van der Waals surface area contributed by atoms with E-state index in [1.165, 1.54) is 17.0 Å². The SMILES string of the molecule is Cc1cc(=O)n(CC(=O)Nc2cccc(C)c2C)cn1. The lowest BCUT2D eigenvalue weighted by Crippen LogP contribution is -2.27. The number of amides is 1. The molecule has 0 fully saturated rings. The van der Waals surface area contributed by atoms with Crippen molar-refractivity contribution in [1.29, 1.82) is 0 Å². The van der Waals surface area contributed by atoms with Gasteiger partial charge in [0.05, 0.1) is 6.33 Å². The predicted octanol–water partition coefficient (Wildman–Crippen LogP) is 1.81. The molecule has 20 heavy (non-hydrogen) atoms. The number of benzene rings is 1. The number of nitrogens with one attached hydrogen (secondary N) is 1. The number of aromatic nitrogens is 2. The zero-order valence-corrected chi connectivity index (χ0v) is 11.8. The van der Waals surface area contributed by atoms with E-state index in [4.69, 9.17) is 0 Å². The summed E-state index contributed by atoms with van der Waals surface area (Å²) in [7, 11) is 0. The minimum Gasteiger partial charge on any atom is -0.324 e. The van der Waals surface area contributed by atoms with Gasteiger partial charge in [-0.3, -0.25) is 14.2 Å². The third-order valence-electron chi connectivity index (χ3n) is 3.21. The second kappa shape index (κ2) is 5.69. The van der Waals surface area contributed by atoms with Crippen LogP contribution in [0.25, 0.3) is 0 Å². The molecule has 0 bridgehead atoms. The number of rotatable bonds is 3. The molecule has 5 nitrogen and oxygen atoms in total. The molecule has 0 aliphatic carbocycles. The molecule has 2 aromatic rings.